The van der Waals surface area contributed by atoms with Gasteiger partial charge in [-0.05, 0) is 161 Å². The summed E-state index contributed by atoms with van der Waals surface area (Å²) in [7, 11) is 0. The fourth-order valence-electron chi connectivity index (χ4n) is 20.1. The lowest BCUT2D eigenvalue weighted by atomic mass is 9.82. The first-order valence-electron chi connectivity index (χ1n) is 43.0. The maximum atomic E-state index is 5.29. The fraction of sp³-hybridized carbons (Fsp3) is 0.0254. The zero-order valence-corrected chi connectivity index (χ0v) is 71.2. The van der Waals surface area contributed by atoms with Gasteiger partial charge in [0.25, 0.3) is 0 Å². The quantitative estimate of drug-likeness (QED) is 0.152. The molecule has 126 heavy (non-hydrogen) atoms. The molecule has 0 atom stereocenters. The van der Waals surface area contributed by atoms with Crippen molar-refractivity contribution in [2.24, 2.45) is 0 Å². The second kappa shape index (κ2) is 29.5. The summed E-state index contributed by atoms with van der Waals surface area (Å²) in [4.78, 5) is 19.0. The Balaban J connectivity index is 0.000000104. The molecule has 0 spiro atoms. The second-order valence-electron chi connectivity index (χ2n) is 33.5. The van der Waals surface area contributed by atoms with E-state index in [2.05, 4.69) is 442 Å². The monoisotopic (exact) mass is 1660 g/mol. The summed E-state index contributed by atoms with van der Waals surface area (Å²) in [6.45, 7) is 4.66. The zero-order valence-electron chi connectivity index (χ0n) is 68.8. The highest BCUT2D eigenvalue weighted by Gasteiger charge is 2.35. The summed E-state index contributed by atoms with van der Waals surface area (Å²) in [5.41, 5.74) is 26.6. The van der Waals surface area contributed by atoms with E-state index in [0.29, 0.717) is 0 Å². The third-order valence-corrected chi connectivity index (χ3v) is 29.3. The Morgan fingerprint density at radius 3 is 0.984 bits per heavy atom. The molecule has 590 valence electrons. The molecule has 0 unspecified atom stereocenters. The molecule has 0 saturated heterocycles. The number of nitrogens with zero attached hydrogens (tertiary/aromatic N) is 5. The number of fused-ring (bicyclic) bond motifs is 25. The highest BCUT2D eigenvalue weighted by atomic mass is 32.1. The van der Waals surface area contributed by atoms with Crippen LogP contribution in [-0.2, 0) is 5.41 Å². The Bertz CT molecular complexity index is 8880. The van der Waals surface area contributed by atoms with Gasteiger partial charge in [-0.1, -0.05) is 354 Å². The molecule has 8 aromatic heterocycles. The number of hydrogen-bond donors (Lipinski definition) is 0. The van der Waals surface area contributed by atoms with E-state index in [9.17, 15) is 0 Å². The van der Waals surface area contributed by atoms with E-state index in [1.807, 2.05) is 0 Å². The van der Waals surface area contributed by atoms with Crippen LogP contribution in [0.15, 0.2) is 419 Å². The van der Waals surface area contributed by atoms with E-state index in [4.69, 9.17) is 15.0 Å². The molecule has 8 heterocycles. The van der Waals surface area contributed by atoms with Gasteiger partial charge in [0, 0.05) is 118 Å². The number of benzene rings is 18. The largest absolute Gasteiger partial charge is 0.309 e. The molecule has 0 fully saturated rings. The lowest BCUT2D eigenvalue weighted by molar-refractivity contribution is 0.660. The first kappa shape index (κ1) is 73.4. The molecular weight excluding hydrogens is 1580 g/mol. The Labute approximate surface area is 738 Å². The third kappa shape index (κ3) is 12.0. The maximum absolute atomic E-state index is 5.29. The van der Waals surface area contributed by atoms with Gasteiger partial charge < -0.3 is 9.13 Å². The van der Waals surface area contributed by atoms with E-state index >= 15 is 0 Å². The molecule has 0 amide bonds. The van der Waals surface area contributed by atoms with Crippen molar-refractivity contribution in [3.05, 3.63) is 430 Å². The Morgan fingerprint density at radius 1 is 0.206 bits per heavy atom. The van der Waals surface area contributed by atoms with Gasteiger partial charge in [-0.2, -0.15) is 0 Å². The molecule has 27 rings (SSSR count). The van der Waals surface area contributed by atoms with Crippen LogP contribution in [0.4, 0.5) is 0 Å². The minimum Gasteiger partial charge on any atom is -0.309 e. The highest BCUT2D eigenvalue weighted by Crippen LogP contribution is 2.51. The van der Waals surface area contributed by atoms with Crippen LogP contribution in [0, 0.1) is 0 Å². The van der Waals surface area contributed by atoms with Crippen molar-refractivity contribution < 1.29 is 0 Å². The predicted molar refractivity (Wildman–Crippen MR) is 540 cm³/mol. The van der Waals surface area contributed by atoms with Crippen molar-refractivity contribution in [1.82, 2.24) is 24.1 Å². The van der Waals surface area contributed by atoms with Crippen LogP contribution in [0.2, 0.25) is 0 Å². The molecular formula is C118H75N5S3. The topological polar surface area (TPSA) is 48.5 Å². The number of thiophene rings is 3. The summed E-state index contributed by atoms with van der Waals surface area (Å²) in [6, 6.07) is 152. The van der Waals surface area contributed by atoms with Crippen LogP contribution in [0.3, 0.4) is 0 Å². The number of pyridine rings is 3. The van der Waals surface area contributed by atoms with Crippen molar-refractivity contribution in [1.29, 1.82) is 0 Å². The number of para-hydroxylation sites is 3. The highest BCUT2D eigenvalue weighted by molar-refractivity contribution is 7.26. The van der Waals surface area contributed by atoms with Crippen LogP contribution in [-0.4, -0.2) is 24.1 Å². The first-order chi connectivity index (χ1) is 62.2. The molecule has 0 aliphatic heterocycles. The van der Waals surface area contributed by atoms with Gasteiger partial charge in [-0.15, -0.1) is 34.0 Å². The smallest absolute Gasteiger partial charge is 0.125 e. The summed E-state index contributed by atoms with van der Waals surface area (Å²) < 4.78 is 8.63. The van der Waals surface area contributed by atoms with Crippen LogP contribution in [0.5, 0.6) is 0 Å². The first-order valence-corrected chi connectivity index (χ1v) is 45.5. The lowest BCUT2D eigenvalue weighted by Crippen LogP contribution is -2.14. The van der Waals surface area contributed by atoms with E-state index in [0.717, 1.165) is 59.6 Å². The predicted octanol–water partition coefficient (Wildman–Crippen LogP) is 33.5. The van der Waals surface area contributed by atoms with E-state index in [1.165, 1.54) is 189 Å². The maximum Gasteiger partial charge on any atom is 0.125 e. The van der Waals surface area contributed by atoms with Gasteiger partial charge in [-0.25, -0.2) is 15.0 Å². The molecule has 26 aromatic rings. The van der Waals surface area contributed by atoms with Gasteiger partial charge in [0.05, 0.1) is 39.1 Å². The van der Waals surface area contributed by atoms with Crippen molar-refractivity contribution in [2.45, 2.75) is 19.3 Å². The van der Waals surface area contributed by atoms with Crippen LogP contribution >= 0.6 is 34.0 Å². The van der Waals surface area contributed by atoms with E-state index < -0.39 is 0 Å². The summed E-state index contributed by atoms with van der Waals surface area (Å²) in [6.07, 6.45) is 0. The molecule has 0 saturated carbocycles. The van der Waals surface area contributed by atoms with Gasteiger partial charge >= 0.3 is 0 Å². The van der Waals surface area contributed by atoms with Crippen molar-refractivity contribution in [3.8, 4) is 89.7 Å². The minimum atomic E-state index is 0.0340. The summed E-state index contributed by atoms with van der Waals surface area (Å²) in [5.74, 6) is 0. The second-order valence-corrected chi connectivity index (χ2v) is 36.6. The van der Waals surface area contributed by atoms with E-state index in [1.54, 1.807) is 34.0 Å². The number of rotatable bonds is 8. The van der Waals surface area contributed by atoms with E-state index in [-0.39, 0.29) is 5.41 Å². The average Bonchev–Trinajstić information content (AvgIpc) is 1.57. The van der Waals surface area contributed by atoms with Crippen molar-refractivity contribution in [3.63, 3.8) is 0 Å². The Morgan fingerprint density at radius 2 is 0.516 bits per heavy atom. The molecule has 18 aromatic carbocycles. The van der Waals surface area contributed by atoms with Crippen LogP contribution in [0.1, 0.15) is 25.0 Å². The minimum absolute atomic E-state index is 0.0340. The van der Waals surface area contributed by atoms with Crippen LogP contribution in [0.25, 0.3) is 237 Å². The van der Waals surface area contributed by atoms with Gasteiger partial charge in [-0.3, -0.25) is 0 Å². The summed E-state index contributed by atoms with van der Waals surface area (Å²) in [5, 5.41) is 22.6. The molecule has 1 aliphatic rings. The average molecular weight is 1660 g/mol. The standard InChI is InChI=1S/C45H27N3S.C37H23NS.C36H25NS/c1-2-15-35-34(14-1)43-36-16-6-10-20-42(36)49-45(43)46-44(35)28-21-23-29(24-22-28)47-40-19-9-5-13-33(40)37-27-30(25-26-41(37)47)48-38-17-7-3-11-31(38)32-12-4-8-18-39(32)48;1-2-8-29-23-30(22-19-24(29)7-1)27-15-13-25(14-16-27)26-17-20-28(21-18-26)36-32-10-4-3-9-31(32)35-33-11-5-6-12-34(33)39-37(35)38-36;1-36(2)30-13-7-5-9-25(30)29-21-24(19-20-31(29)36)22-15-17-23(18-16-22)34-27-11-4-3-10-26(27)33-28-12-6-8-14-32(28)38-35(33)37-34/h1-27H;1-23H;3-21H,1-2H3. The van der Waals surface area contributed by atoms with Crippen LogP contribution < -0.4 is 0 Å². The third-order valence-electron chi connectivity index (χ3n) is 26.2. The van der Waals surface area contributed by atoms with Crippen molar-refractivity contribution >= 4 is 182 Å². The molecule has 1 aliphatic carbocycles. The Kier molecular flexibility index (Phi) is 17.2. The van der Waals surface area contributed by atoms with Gasteiger partial charge in [0.2, 0.25) is 0 Å². The number of hydrogen-bond acceptors (Lipinski definition) is 6. The fourth-order valence-corrected chi connectivity index (χ4v) is 23.4. The molecule has 8 heteroatoms. The van der Waals surface area contributed by atoms with Gasteiger partial charge in [0.1, 0.15) is 14.5 Å². The molecule has 0 N–H and O–H groups in total. The lowest BCUT2D eigenvalue weighted by Gasteiger charge is -2.21. The molecule has 0 bridgehead atoms. The zero-order chi connectivity index (χ0) is 83.2. The summed E-state index contributed by atoms with van der Waals surface area (Å²) >= 11 is 5.33. The Hall–Kier alpha value is -15.3. The van der Waals surface area contributed by atoms with Gasteiger partial charge in [0.15, 0.2) is 0 Å². The molecule has 5 nitrogen and oxygen atoms in total. The number of aromatic nitrogens is 5. The van der Waals surface area contributed by atoms with Crippen molar-refractivity contribution in [2.75, 3.05) is 0 Å². The SMILES string of the molecule is CC1(C)c2ccccc2-c2cc(-c3ccc(-c4nc5sc6ccccc6c5c5ccccc45)cc3)ccc21.c1ccc2c(c1)sc1nc(-c3ccc(-n4c5ccccc5c5cc(-n6c7ccccc7c7ccccc76)ccc54)cc3)c3ccccc3c12.c1ccc2cc(-c3ccc(-c4ccc(-c5nc6sc7ccccc7c6c6ccccc56)cc4)cc3)ccc2c1. The normalized spacial score (nSPS) is 12.4. The molecule has 0 radical (unpaired) electrons.